The van der Waals surface area contributed by atoms with E-state index in [1.807, 2.05) is 11.8 Å². The Morgan fingerprint density at radius 1 is 1.20 bits per heavy atom. The highest BCUT2D eigenvalue weighted by Gasteiger charge is 2.34. The molecule has 20 heavy (non-hydrogen) atoms. The Balaban J connectivity index is 3.03. The summed E-state index contributed by atoms with van der Waals surface area (Å²) < 4.78 is 38.8. The maximum absolute atomic E-state index is 12.9. The number of hydrogen-bond donors (Lipinski definition) is 0. The average Bonchev–Trinajstić information content (AvgIpc) is 2.42. The molecule has 0 saturated carbocycles. The van der Waals surface area contributed by atoms with Gasteiger partial charge in [0, 0.05) is 18.8 Å². The largest absolute Gasteiger partial charge is 0.417 e. The van der Waals surface area contributed by atoms with E-state index >= 15 is 0 Å². The molecular weight excluding hydrogens is 265 g/mol. The number of alkyl halides is 3. The van der Waals surface area contributed by atoms with Crippen LogP contribution >= 0.6 is 0 Å². The molecule has 0 N–H and O–H groups in total. The molecule has 0 aromatic heterocycles. The number of benzene rings is 1. The predicted octanol–water partition coefficient (Wildman–Crippen LogP) is 4.59. The first-order valence-corrected chi connectivity index (χ1v) is 6.80. The Hall–Kier alpha value is -1.70. The third-order valence-electron chi connectivity index (χ3n) is 3.21. The summed E-state index contributed by atoms with van der Waals surface area (Å²) in [5, 5.41) is 8.78. The first kappa shape index (κ1) is 16.4. The van der Waals surface area contributed by atoms with Gasteiger partial charge in [0.25, 0.3) is 0 Å². The molecule has 0 unspecified atom stereocenters. The Morgan fingerprint density at radius 3 is 2.40 bits per heavy atom. The molecule has 1 aromatic carbocycles. The normalized spacial score (nSPS) is 11.2. The fourth-order valence-electron chi connectivity index (χ4n) is 2.08. The maximum atomic E-state index is 12.9. The Morgan fingerprint density at radius 2 is 1.90 bits per heavy atom. The second-order valence-corrected chi connectivity index (χ2v) is 4.63. The molecule has 2 nitrogen and oxygen atoms in total. The van der Waals surface area contributed by atoms with Gasteiger partial charge in [-0.15, -0.1) is 0 Å². The SMILES string of the molecule is CCCCCN(CC)c1ccc(C#N)c(C(F)(F)F)c1. The third-order valence-corrected chi connectivity index (χ3v) is 3.21. The van der Waals surface area contributed by atoms with Crippen molar-refractivity contribution in [3.05, 3.63) is 29.3 Å². The fraction of sp³-hybridized carbons (Fsp3) is 0.533. The lowest BCUT2D eigenvalue weighted by Gasteiger charge is -2.24. The summed E-state index contributed by atoms with van der Waals surface area (Å²) in [4.78, 5) is 1.91. The Kier molecular flexibility index (Phi) is 5.87. The maximum Gasteiger partial charge on any atom is 0.417 e. The summed E-state index contributed by atoms with van der Waals surface area (Å²) in [7, 11) is 0. The molecule has 0 spiro atoms. The van der Waals surface area contributed by atoms with Crippen molar-refractivity contribution in [1.29, 1.82) is 5.26 Å². The summed E-state index contributed by atoms with van der Waals surface area (Å²) in [5.74, 6) is 0. The van der Waals surface area contributed by atoms with E-state index in [1.54, 1.807) is 12.1 Å². The van der Waals surface area contributed by atoms with Crippen molar-refractivity contribution < 1.29 is 13.2 Å². The number of nitrogens with zero attached hydrogens (tertiary/aromatic N) is 2. The van der Waals surface area contributed by atoms with E-state index in [0.29, 0.717) is 12.2 Å². The molecule has 0 amide bonds. The number of rotatable bonds is 6. The zero-order valence-electron chi connectivity index (χ0n) is 11.8. The summed E-state index contributed by atoms with van der Waals surface area (Å²) in [6.45, 7) is 5.37. The minimum absolute atomic E-state index is 0.328. The van der Waals surface area contributed by atoms with Crippen molar-refractivity contribution in [3.8, 4) is 6.07 Å². The van der Waals surface area contributed by atoms with Gasteiger partial charge in [0.05, 0.1) is 17.2 Å². The van der Waals surface area contributed by atoms with Crippen molar-refractivity contribution in [3.63, 3.8) is 0 Å². The zero-order chi connectivity index (χ0) is 15.2. The van der Waals surface area contributed by atoms with E-state index in [4.69, 9.17) is 5.26 Å². The van der Waals surface area contributed by atoms with Crippen molar-refractivity contribution in [2.45, 2.75) is 39.3 Å². The fourth-order valence-corrected chi connectivity index (χ4v) is 2.08. The number of anilines is 1. The molecule has 0 saturated heterocycles. The van der Waals surface area contributed by atoms with E-state index < -0.39 is 11.7 Å². The van der Waals surface area contributed by atoms with E-state index in [0.717, 1.165) is 31.9 Å². The molecule has 0 aliphatic heterocycles. The van der Waals surface area contributed by atoms with Crippen LogP contribution in [-0.2, 0) is 6.18 Å². The van der Waals surface area contributed by atoms with Gasteiger partial charge in [-0.1, -0.05) is 19.8 Å². The van der Waals surface area contributed by atoms with Gasteiger partial charge in [0.15, 0.2) is 0 Å². The van der Waals surface area contributed by atoms with Gasteiger partial charge >= 0.3 is 6.18 Å². The number of unbranched alkanes of at least 4 members (excludes halogenated alkanes) is 2. The number of nitriles is 1. The standard InChI is InChI=1S/C15H19F3N2/c1-3-5-6-9-20(4-2)13-8-7-12(11-19)14(10-13)15(16,17)18/h7-8,10H,3-6,9H2,1-2H3. The van der Waals surface area contributed by atoms with E-state index in [2.05, 4.69) is 6.92 Å². The Bertz CT molecular complexity index is 475. The molecular formula is C15H19F3N2. The molecule has 0 atom stereocenters. The topological polar surface area (TPSA) is 27.0 Å². The first-order chi connectivity index (χ1) is 9.43. The number of hydrogen-bond acceptors (Lipinski definition) is 2. The van der Waals surface area contributed by atoms with Crippen LogP contribution in [0.4, 0.5) is 18.9 Å². The van der Waals surface area contributed by atoms with Crippen LogP contribution in [0.1, 0.15) is 44.2 Å². The lowest BCUT2D eigenvalue weighted by atomic mass is 10.1. The van der Waals surface area contributed by atoms with Crippen LogP contribution in [-0.4, -0.2) is 13.1 Å². The van der Waals surface area contributed by atoms with Crippen LogP contribution < -0.4 is 4.90 Å². The highest BCUT2D eigenvalue weighted by Crippen LogP contribution is 2.34. The van der Waals surface area contributed by atoms with Crippen LogP contribution in [0.2, 0.25) is 0 Å². The molecule has 5 heteroatoms. The van der Waals surface area contributed by atoms with Gasteiger partial charge < -0.3 is 4.90 Å². The molecule has 1 aromatic rings. The molecule has 0 aliphatic carbocycles. The van der Waals surface area contributed by atoms with Gasteiger partial charge in [-0.05, 0) is 31.5 Å². The molecule has 0 radical (unpaired) electrons. The summed E-state index contributed by atoms with van der Waals surface area (Å²) in [5.41, 5.74) is -0.660. The lowest BCUT2D eigenvalue weighted by molar-refractivity contribution is -0.137. The second kappa shape index (κ2) is 7.18. The van der Waals surface area contributed by atoms with Crippen molar-refractivity contribution in [2.24, 2.45) is 0 Å². The highest BCUT2D eigenvalue weighted by atomic mass is 19.4. The average molecular weight is 284 g/mol. The third kappa shape index (κ3) is 4.16. The van der Waals surface area contributed by atoms with Crippen LogP contribution in [0.3, 0.4) is 0 Å². The zero-order valence-corrected chi connectivity index (χ0v) is 11.8. The molecule has 0 heterocycles. The van der Waals surface area contributed by atoms with Crippen LogP contribution in [0.5, 0.6) is 0 Å². The first-order valence-electron chi connectivity index (χ1n) is 6.80. The Labute approximate surface area is 117 Å². The molecule has 0 fully saturated rings. The smallest absolute Gasteiger partial charge is 0.372 e. The molecule has 0 aliphatic rings. The van der Waals surface area contributed by atoms with Crippen LogP contribution in [0, 0.1) is 11.3 Å². The minimum Gasteiger partial charge on any atom is -0.372 e. The molecule has 1 rings (SSSR count). The predicted molar refractivity (Wildman–Crippen MR) is 73.6 cm³/mol. The van der Waals surface area contributed by atoms with E-state index in [-0.39, 0.29) is 5.56 Å². The van der Waals surface area contributed by atoms with Crippen LogP contribution in [0.15, 0.2) is 18.2 Å². The van der Waals surface area contributed by atoms with Gasteiger partial charge in [-0.25, -0.2) is 0 Å². The monoisotopic (exact) mass is 284 g/mol. The van der Waals surface area contributed by atoms with Gasteiger partial charge in [-0.3, -0.25) is 0 Å². The molecule has 110 valence electrons. The summed E-state index contributed by atoms with van der Waals surface area (Å²) >= 11 is 0. The quantitative estimate of drug-likeness (QED) is 0.714. The summed E-state index contributed by atoms with van der Waals surface area (Å²) in [6.07, 6.45) is -1.42. The van der Waals surface area contributed by atoms with Gasteiger partial charge in [0.2, 0.25) is 0 Å². The number of halogens is 3. The minimum atomic E-state index is -4.50. The second-order valence-electron chi connectivity index (χ2n) is 4.63. The van der Waals surface area contributed by atoms with Gasteiger partial charge in [-0.2, -0.15) is 18.4 Å². The van der Waals surface area contributed by atoms with Crippen LogP contribution in [0.25, 0.3) is 0 Å². The lowest BCUT2D eigenvalue weighted by Crippen LogP contribution is -2.24. The van der Waals surface area contributed by atoms with Crippen molar-refractivity contribution >= 4 is 5.69 Å². The van der Waals surface area contributed by atoms with E-state index in [9.17, 15) is 13.2 Å². The summed E-state index contributed by atoms with van der Waals surface area (Å²) in [6, 6.07) is 5.51. The molecule has 0 bridgehead atoms. The van der Waals surface area contributed by atoms with Crippen molar-refractivity contribution in [1.82, 2.24) is 0 Å². The van der Waals surface area contributed by atoms with E-state index in [1.165, 1.54) is 6.07 Å². The van der Waals surface area contributed by atoms with Crippen molar-refractivity contribution in [2.75, 3.05) is 18.0 Å². The van der Waals surface area contributed by atoms with Gasteiger partial charge in [0.1, 0.15) is 0 Å². The highest BCUT2D eigenvalue weighted by molar-refractivity contribution is 5.54.